The largest absolute Gasteiger partial charge is 0.461 e. The number of hydrogen-bond acceptors (Lipinski definition) is 3. The minimum Gasteiger partial charge on any atom is -0.461 e. The van der Waals surface area contributed by atoms with Crippen LogP contribution in [0, 0.1) is 0 Å². The monoisotopic (exact) mass is 328 g/mol. The van der Waals surface area contributed by atoms with Crippen LogP contribution in [0.5, 0.6) is 0 Å². The van der Waals surface area contributed by atoms with Crippen molar-refractivity contribution in [1.82, 2.24) is 10.2 Å². The molecule has 1 atom stereocenters. The first-order valence-electron chi connectivity index (χ1n) is 8.44. The van der Waals surface area contributed by atoms with E-state index in [2.05, 4.69) is 17.4 Å². The Kier molecular flexibility index (Phi) is 5.54. The first kappa shape index (κ1) is 16.6. The number of furan rings is 1. The molecule has 1 N–H and O–H groups in total. The van der Waals surface area contributed by atoms with E-state index in [0.29, 0.717) is 13.2 Å². The number of amides is 2. The Bertz CT molecular complexity index is 654. The average molecular weight is 328 g/mol. The van der Waals surface area contributed by atoms with Gasteiger partial charge in [0.05, 0.1) is 6.04 Å². The van der Waals surface area contributed by atoms with E-state index < -0.39 is 0 Å². The Morgan fingerprint density at radius 3 is 2.92 bits per heavy atom. The first-order valence-corrected chi connectivity index (χ1v) is 8.44. The van der Waals surface area contributed by atoms with Crippen LogP contribution in [0.15, 0.2) is 46.9 Å². The molecule has 0 spiro atoms. The fourth-order valence-corrected chi connectivity index (χ4v) is 3.16. The lowest BCUT2D eigenvalue weighted by atomic mass is 10.1. The van der Waals surface area contributed by atoms with E-state index in [1.54, 1.807) is 7.11 Å². The summed E-state index contributed by atoms with van der Waals surface area (Å²) in [6.07, 6.45) is 2.77. The Labute approximate surface area is 142 Å². The van der Waals surface area contributed by atoms with Crippen molar-refractivity contribution in [3.63, 3.8) is 0 Å². The minimum atomic E-state index is -0.0156. The van der Waals surface area contributed by atoms with Crippen LogP contribution in [0.25, 0.3) is 0 Å². The van der Waals surface area contributed by atoms with Crippen LogP contribution in [0.4, 0.5) is 4.79 Å². The Hall–Kier alpha value is -2.27. The van der Waals surface area contributed by atoms with E-state index in [4.69, 9.17) is 9.15 Å². The lowest BCUT2D eigenvalue weighted by molar-refractivity contribution is 0.156. The summed E-state index contributed by atoms with van der Waals surface area (Å²) in [7, 11) is 1.64. The Morgan fingerprint density at radius 1 is 1.29 bits per heavy atom. The van der Waals surface area contributed by atoms with Gasteiger partial charge in [-0.25, -0.2) is 4.79 Å². The van der Waals surface area contributed by atoms with Crippen LogP contribution >= 0.6 is 0 Å². The quantitative estimate of drug-likeness (QED) is 0.883. The molecule has 0 bridgehead atoms. The standard InChI is InChI=1S/C19H24N2O3/c1-23-14-16-9-10-18(24-16)17-8-5-13-21(17)19(22)20-12-11-15-6-3-2-4-7-15/h2-4,6-7,9-10,17H,5,8,11-14H2,1H3,(H,20,22). The molecule has 1 aliphatic rings. The number of carbonyl (C=O) groups is 1. The number of nitrogens with one attached hydrogen (secondary N) is 1. The summed E-state index contributed by atoms with van der Waals surface area (Å²) in [5.74, 6) is 1.64. The minimum absolute atomic E-state index is 0.0156. The zero-order valence-corrected chi connectivity index (χ0v) is 14.0. The lowest BCUT2D eigenvalue weighted by Gasteiger charge is -2.23. The van der Waals surface area contributed by atoms with Gasteiger partial charge in [-0.05, 0) is 37.0 Å². The number of urea groups is 1. The van der Waals surface area contributed by atoms with E-state index in [-0.39, 0.29) is 12.1 Å². The average Bonchev–Trinajstić information content (AvgIpc) is 3.25. The van der Waals surface area contributed by atoms with E-state index in [1.165, 1.54) is 5.56 Å². The highest BCUT2D eigenvalue weighted by Gasteiger charge is 2.32. The first-order chi connectivity index (χ1) is 11.8. The SMILES string of the molecule is COCc1ccc(C2CCCN2C(=O)NCCc2ccccc2)o1. The molecular weight excluding hydrogens is 304 g/mol. The summed E-state index contributed by atoms with van der Waals surface area (Å²) < 4.78 is 10.9. The van der Waals surface area contributed by atoms with Gasteiger partial charge < -0.3 is 19.4 Å². The molecule has 24 heavy (non-hydrogen) atoms. The Morgan fingerprint density at radius 2 is 2.12 bits per heavy atom. The number of hydrogen-bond donors (Lipinski definition) is 1. The van der Waals surface area contributed by atoms with Gasteiger partial charge in [0.2, 0.25) is 0 Å². The second-order valence-corrected chi connectivity index (χ2v) is 6.06. The highest BCUT2D eigenvalue weighted by Crippen LogP contribution is 2.33. The highest BCUT2D eigenvalue weighted by atomic mass is 16.5. The predicted molar refractivity (Wildman–Crippen MR) is 91.6 cm³/mol. The predicted octanol–water partition coefficient (Wildman–Crippen LogP) is 3.52. The lowest BCUT2D eigenvalue weighted by Crippen LogP contribution is -2.40. The second-order valence-electron chi connectivity index (χ2n) is 6.06. The molecule has 3 rings (SSSR count). The molecule has 2 amide bonds. The van der Waals surface area contributed by atoms with Crippen LogP contribution in [0.2, 0.25) is 0 Å². The van der Waals surface area contributed by atoms with Gasteiger partial charge in [0, 0.05) is 20.2 Å². The molecule has 2 heterocycles. The van der Waals surface area contributed by atoms with Crippen molar-refractivity contribution in [2.75, 3.05) is 20.2 Å². The van der Waals surface area contributed by atoms with E-state index >= 15 is 0 Å². The van der Waals surface area contributed by atoms with Crippen LogP contribution in [0.1, 0.15) is 36.0 Å². The van der Waals surface area contributed by atoms with Gasteiger partial charge in [0.25, 0.3) is 0 Å². The van der Waals surface area contributed by atoms with Crippen molar-refractivity contribution >= 4 is 6.03 Å². The maximum Gasteiger partial charge on any atom is 0.318 e. The molecule has 1 saturated heterocycles. The number of benzene rings is 1. The van der Waals surface area contributed by atoms with Crippen molar-refractivity contribution in [3.05, 3.63) is 59.5 Å². The third-order valence-electron chi connectivity index (χ3n) is 4.34. The molecule has 2 aromatic rings. The zero-order valence-electron chi connectivity index (χ0n) is 14.0. The fourth-order valence-electron chi connectivity index (χ4n) is 3.16. The summed E-state index contributed by atoms with van der Waals surface area (Å²) in [6, 6.07) is 14.1. The highest BCUT2D eigenvalue weighted by molar-refractivity contribution is 5.75. The van der Waals surface area contributed by atoms with E-state index in [0.717, 1.165) is 37.3 Å². The molecule has 0 radical (unpaired) electrons. The topological polar surface area (TPSA) is 54.7 Å². The van der Waals surface area contributed by atoms with Gasteiger partial charge in [-0.15, -0.1) is 0 Å². The maximum atomic E-state index is 12.5. The number of carbonyl (C=O) groups excluding carboxylic acids is 1. The molecule has 128 valence electrons. The van der Waals surface area contributed by atoms with Gasteiger partial charge >= 0.3 is 6.03 Å². The van der Waals surface area contributed by atoms with Crippen molar-refractivity contribution < 1.29 is 13.9 Å². The summed E-state index contributed by atoms with van der Waals surface area (Å²) in [5.41, 5.74) is 1.23. The molecule has 1 aromatic heterocycles. The maximum absolute atomic E-state index is 12.5. The molecule has 5 heteroatoms. The van der Waals surface area contributed by atoms with Gasteiger partial charge in [-0.2, -0.15) is 0 Å². The molecular formula is C19H24N2O3. The molecule has 0 saturated carbocycles. The van der Waals surface area contributed by atoms with Crippen LogP contribution < -0.4 is 5.32 Å². The molecule has 0 aliphatic carbocycles. The fraction of sp³-hybridized carbons (Fsp3) is 0.421. The van der Waals surface area contributed by atoms with Crippen molar-refractivity contribution in [1.29, 1.82) is 0 Å². The number of methoxy groups -OCH3 is 1. The van der Waals surface area contributed by atoms with Crippen molar-refractivity contribution in [2.24, 2.45) is 0 Å². The van der Waals surface area contributed by atoms with Crippen LogP contribution in [0.3, 0.4) is 0 Å². The molecule has 1 unspecified atom stereocenters. The molecule has 1 fully saturated rings. The number of rotatable bonds is 6. The smallest absolute Gasteiger partial charge is 0.318 e. The number of nitrogens with zero attached hydrogens (tertiary/aromatic N) is 1. The van der Waals surface area contributed by atoms with E-state index in [9.17, 15) is 4.79 Å². The number of likely N-dealkylation sites (tertiary alicyclic amines) is 1. The van der Waals surface area contributed by atoms with Gasteiger partial charge in [-0.1, -0.05) is 30.3 Å². The number of ether oxygens (including phenoxy) is 1. The summed E-state index contributed by atoms with van der Waals surface area (Å²) in [4.78, 5) is 14.4. The Balaban J connectivity index is 1.55. The van der Waals surface area contributed by atoms with Crippen molar-refractivity contribution in [3.8, 4) is 0 Å². The van der Waals surface area contributed by atoms with Crippen LogP contribution in [-0.2, 0) is 17.8 Å². The van der Waals surface area contributed by atoms with Gasteiger partial charge in [0.1, 0.15) is 18.1 Å². The van der Waals surface area contributed by atoms with Gasteiger partial charge in [0.15, 0.2) is 0 Å². The molecule has 1 aromatic carbocycles. The molecule has 5 nitrogen and oxygen atoms in total. The molecule has 1 aliphatic heterocycles. The van der Waals surface area contributed by atoms with E-state index in [1.807, 2.05) is 35.2 Å². The summed E-state index contributed by atoms with van der Waals surface area (Å²) in [6.45, 7) is 1.86. The summed E-state index contributed by atoms with van der Waals surface area (Å²) >= 11 is 0. The van der Waals surface area contributed by atoms with Crippen LogP contribution in [-0.4, -0.2) is 31.1 Å². The third kappa shape index (κ3) is 3.97. The van der Waals surface area contributed by atoms with Gasteiger partial charge in [-0.3, -0.25) is 0 Å². The summed E-state index contributed by atoms with van der Waals surface area (Å²) in [5, 5.41) is 3.03. The zero-order chi connectivity index (χ0) is 16.8. The normalized spacial score (nSPS) is 17.2. The van der Waals surface area contributed by atoms with Crippen molar-refractivity contribution in [2.45, 2.75) is 31.9 Å². The third-order valence-corrected chi connectivity index (χ3v) is 4.34. The second kappa shape index (κ2) is 8.02.